The van der Waals surface area contributed by atoms with E-state index in [1.807, 2.05) is 55.4 Å². The van der Waals surface area contributed by atoms with E-state index in [2.05, 4.69) is 21.8 Å². The van der Waals surface area contributed by atoms with Crippen molar-refractivity contribution < 1.29 is 17.2 Å². The first-order chi connectivity index (χ1) is 15.7. The maximum atomic E-state index is 14.2. The minimum absolute atomic E-state index is 0.0582. The fourth-order valence-corrected chi connectivity index (χ4v) is 5.29. The number of anilines is 1. The molecule has 1 heterocycles. The molecule has 1 unspecified atom stereocenters. The van der Waals surface area contributed by atoms with Gasteiger partial charge in [-0.05, 0) is 47.4 Å². The molecule has 4 rings (SSSR count). The Kier molecular flexibility index (Phi) is 6.78. The first-order valence-electron chi connectivity index (χ1n) is 10.8. The fourth-order valence-electron chi connectivity index (χ4n) is 4.20. The van der Waals surface area contributed by atoms with Gasteiger partial charge in [0.25, 0.3) is 0 Å². The third kappa shape index (κ3) is 5.24. The van der Waals surface area contributed by atoms with Crippen LogP contribution in [0.1, 0.15) is 22.7 Å². The first-order valence-corrected chi connectivity index (χ1v) is 12.3. The Morgan fingerprint density at radius 1 is 1.00 bits per heavy atom. The molecule has 0 saturated heterocycles. The predicted molar refractivity (Wildman–Crippen MR) is 126 cm³/mol. The zero-order chi connectivity index (χ0) is 23.6. The van der Waals surface area contributed by atoms with Crippen LogP contribution in [0.2, 0.25) is 0 Å². The van der Waals surface area contributed by atoms with Crippen LogP contribution in [0.25, 0.3) is 0 Å². The van der Waals surface area contributed by atoms with Gasteiger partial charge in [-0.2, -0.15) is 0 Å². The Labute approximate surface area is 193 Å². The van der Waals surface area contributed by atoms with Crippen molar-refractivity contribution in [3.63, 3.8) is 0 Å². The smallest absolute Gasteiger partial charge is 0.243 e. The molecule has 0 bridgehead atoms. The van der Waals surface area contributed by atoms with Crippen LogP contribution in [-0.2, 0) is 23.0 Å². The summed E-state index contributed by atoms with van der Waals surface area (Å²) in [4.78, 5) is 3.67. The Morgan fingerprint density at radius 3 is 2.36 bits per heavy atom. The average molecular weight is 472 g/mol. The SMILES string of the molecule is CN(C)c1ccc(C(CNS(=O)(=O)c2ccc(F)cc2F)N2CCc3ccccc3C2)cc1. The molecule has 5 nitrogen and oxygen atoms in total. The summed E-state index contributed by atoms with van der Waals surface area (Å²) in [5.74, 6) is -1.93. The standard InChI is InChI=1S/C25H27F2N3O2S/c1-29(2)22-10-7-19(8-11-22)24(30-14-13-18-5-3-4-6-20(18)17-30)16-28-33(31,32)25-12-9-21(26)15-23(25)27/h3-12,15,24,28H,13-14,16-17H2,1-2H3. The van der Waals surface area contributed by atoms with Crippen LogP contribution in [-0.4, -0.2) is 40.5 Å². The fraction of sp³-hybridized carbons (Fsp3) is 0.280. The van der Waals surface area contributed by atoms with Gasteiger partial charge in [-0.1, -0.05) is 36.4 Å². The quantitative estimate of drug-likeness (QED) is 0.564. The lowest BCUT2D eigenvalue weighted by Gasteiger charge is -2.36. The molecule has 1 N–H and O–H groups in total. The average Bonchev–Trinajstić information content (AvgIpc) is 2.79. The molecule has 0 saturated carbocycles. The second-order valence-electron chi connectivity index (χ2n) is 8.42. The van der Waals surface area contributed by atoms with Crippen molar-refractivity contribution in [1.82, 2.24) is 9.62 Å². The zero-order valence-electron chi connectivity index (χ0n) is 18.6. The molecule has 1 aliphatic heterocycles. The van der Waals surface area contributed by atoms with Crippen LogP contribution in [0.15, 0.2) is 71.6 Å². The second kappa shape index (κ2) is 9.59. The van der Waals surface area contributed by atoms with Gasteiger partial charge in [-0.3, -0.25) is 4.90 Å². The first kappa shape index (κ1) is 23.4. The van der Waals surface area contributed by atoms with Crippen LogP contribution in [0.3, 0.4) is 0 Å². The Bertz CT molecular complexity index is 1230. The number of benzene rings is 3. The van der Waals surface area contributed by atoms with Gasteiger partial charge in [0.1, 0.15) is 16.5 Å². The molecule has 3 aromatic rings. The summed E-state index contributed by atoms with van der Waals surface area (Å²) >= 11 is 0. The summed E-state index contributed by atoms with van der Waals surface area (Å²) in [5, 5.41) is 0. The highest BCUT2D eigenvalue weighted by Gasteiger charge is 2.27. The van der Waals surface area contributed by atoms with Crippen LogP contribution < -0.4 is 9.62 Å². The van der Waals surface area contributed by atoms with Gasteiger partial charge >= 0.3 is 0 Å². The van der Waals surface area contributed by atoms with Crippen LogP contribution >= 0.6 is 0 Å². The maximum Gasteiger partial charge on any atom is 0.243 e. The molecule has 1 aliphatic rings. The summed E-state index contributed by atoms with van der Waals surface area (Å²) in [6.45, 7) is 1.51. The molecule has 8 heteroatoms. The number of nitrogens with one attached hydrogen (secondary N) is 1. The Balaban J connectivity index is 1.61. The second-order valence-corrected chi connectivity index (χ2v) is 10.2. The third-order valence-electron chi connectivity index (χ3n) is 6.05. The van der Waals surface area contributed by atoms with Crippen molar-refractivity contribution >= 4 is 15.7 Å². The highest BCUT2D eigenvalue weighted by atomic mass is 32.2. The number of hydrogen-bond acceptors (Lipinski definition) is 4. The largest absolute Gasteiger partial charge is 0.378 e. The lowest BCUT2D eigenvalue weighted by atomic mass is 9.96. The monoisotopic (exact) mass is 471 g/mol. The number of nitrogens with zero attached hydrogens (tertiary/aromatic N) is 2. The van der Waals surface area contributed by atoms with E-state index in [4.69, 9.17) is 0 Å². The number of rotatable bonds is 7. The van der Waals surface area contributed by atoms with Gasteiger partial charge in [0, 0.05) is 51.5 Å². The molecular formula is C25H27F2N3O2S. The number of halogens is 2. The molecule has 0 aliphatic carbocycles. The highest BCUT2D eigenvalue weighted by Crippen LogP contribution is 2.29. The van der Waals surface area contributed by atoms with E-state index in [1.54, 1.807) is 0 Å². The lowest BCUT2D eigenvalue weighted by Crippen LogP contribution is -2.40. The van der Waals surface area contributed by atoms with Crippen molar-refractivity contribution in [3.8, 4) is 0 Å². The summed E-state index contributed by atoms with van der Waals surface area (Å²) in [6.07, 6.45) is 0.863. The third-order valence-corrected chi connectivity index (χ3v) is 7.50. The van der Waals surface area contributed by atoms with Gasteiger partial charge in [-0.25, -0.2) is 21.9 Å². The van der Waals surface area contributed by atoms with Gasteiger partial charge in [0.2, 0.25) is 10.0 Å². The summed E-state index contributed by atoms with van der Waals surface area (Å²) in [6, 6.07) is 18.4. The van der Waals surface area contributed by atoms with Gasteiger partial charge in [0.15, 0.2) is 0 Å². The maximum absolute atomic E-state index is 14.2. The predicted octanol–water partition coefficient (Wildman–Crippen LogP) is 4.11. The van der Waals surface area contributed by atoms with Crippen LogP contribution in [0, 0.1) is 11.6 Å². The number of hydrogen-bond donors (Lipinski definition) is 1. The van der Waals surface area contributed by atoms with E-state index in [1.165, 1.54) is 11.1 Å². The lowest BCUT2D eigenvalue weighted by molar-refractivity contribution is 0.180. The van der Waals surface area contributed by atoms with Crippen molar-refractivity contribution in [2.24, 2.45) is 0 Å². The molecular weight excluding hydrogens is 444 g/mol. The van der Waals surface area contributed by atoms with Gasteiger partial charge in [0.05, 0.1) is 0 Å². The molecule has 0 spiro atoms. The topological polar surface area (TPSA) is 52.7 Å². The number of fused-ring (bicyclic) bond motifs is 1. The molecule has 33 heavy (non-hydrogen) atoms. The molecule has 0 amide bonds. The normalized spacial score (nSPS) is 15.2. The van der Waals surface area contributed by atoms with E-state index in [-0.39, 0.29) is 12.6 Å². The highest BCUT2D eigenvalue weighted by molar-refractivity contribution is 7.89. The molecule has 0 aromatic heterocycles. The summed E-state index contributed by atoms with van der Waals surface area (Å²) < 4.78 is 55.6. The molecule has 3 aromatic carbocycles. The van der Waals surface area contributed by atoms with E-state index < -0.39 is 26.6 Å². The van der Waals surface area contributed by atoms with Crippen LogP contribution in [0.5, 0.6) is 0 Å². The molecule has 0 fully saturated rings. The van der Waals surface area contributed by atoms with Crippen molar-refractivity contribution in [2.75, 3.05) is 32.1 Å². The minimum atomic E-state index is -4.16. The Morgan fingerprint density at radius 2 is 1.70 bits per heavy atom. The van der Waals surface area contributed by atoms with Crippen molar-refractivity contribution in [3.05, 3.63) is 95.1 Å². The van der Waals surface area contributed by atoms with Crippen LogP contribution in [0.4, 0.5) is 14.5 Å². The Hall–Kier alpha value is -2.81. The van der Waals surface area contributed by atoms with E-state index in [9.17, 15) is 17.2 Å². The minimum Gasteiger partial charge on any atom is -0.378 e. The zero-order valence-corrected chi connectivity index (χ0v) is 19.4. The summed E-state index contributed by atoms with van der Waals surface area (Å²) in [7, 11) is -0.243. The molecule has 1 atom stereocenters. The number of sulfonamides is 1. The van der Waals surface area contributed by atoms with Gasteiger partial charge < -0.3 is 4.90 Å². The van der Waals surface area contributed by atoms with E-state index >= 15 is 0 Å². The van der Waals surface area contributed by atoms with Crippen molar-refractivity contribution in [2.45, 2.75) is 23.9 Å². The van der Waals surface area contributed by atoms with Gasteiger partial charge in [-0.15, -0.1) is 0 Å². The van der Waals surface area contributed by atoms with E-state index in [0.717, 1.165) is 36.3 Å². The molecule has 0 radical (unpaired) electrons. The summed E-state index contributed by atoms with van der Waals surface area (Å²) in [5.41, 5.74) is 4.51. The van der Waals surface area contributed by atoms with E-state index in [0.29, 0.717) is 12.6 Å². The van der Waals surface area contributed by atoms with Crippen molar-refractivity contribution in [1.29, 1.82) is 0 Å². The molecule has 174 valence electrons.